The van der Waals surface area contributed by atoms with Gasteiger partial charge in [0, 0.05) is 43.1 Å². The molecule has 0 aliphatic carbocycles. The van der Waals surface area contributed by atoms with Crippen LogP contribution in [0.15, 0.2) is 18.2 Å². The standard InChI is InChI=1S/C12H15N3O.C2H6/c16-12-8-9-10(14-12)2-1-3-11(9)15-6-4-13-5-7-15;1-2/h1-3,13H,4-8H2,(H,14,16);1-2H3. The Morgan fingerprint density at radius 2 is 1.89 bits per heavy atom. The highest BCUT2D eigenvalue weighted by molar-refractivity contribution is 6.01. The molecule has 2 aliphatic heterocycles. The number of hydrogen-bond acceptors (Lipinski definition) is 3. The van der Waals surface area contributed by atoms with Crippen LogP contribution < -0.4 is 15.5 Å². The minimum absolute atomic E-state index is 0.109. The second-order valence-corrected chi connectivity index (χ2v) is 4.27. The van der Waals surface area contributed by atoms with Crippen LogP contribution in [-0.2, 0) is 11.2 Å². The van der Waals surface area contributed by atoms with Crippen molar-refractivity contribution in [3.8, 4) is 0 Å². The molecule has 0 spiro atoms. The van der Waals surface area contributed by atoms with Gasteiger partial charge in [-0.25, -0.2) is 0 Å². The van der Waals surface area contributed by atoms with Crippen molar-refractivity contribution in [2.24, 2.45) is 0 Å². The maximum Gasteiger partial charge on any atom is 0.228 e. The first kappa shape index (κ1) is 12.9. The first-order chi connectivity index (χ1) is 8.84. The third kappa shape index (κ3) is 2.48. The molecule has 1 amide bonds. The molecule has 0 atom stereocenters. The average molecular weight is 247 g/mol. The lowest BCUT2D eigenvalue weighted by Crippen LogP contribution is -2.43. The lowest BCUT2D eigenvalue weighted by molar-refractivity contribution is -0.115. The second-order valence-electron chi connectivity index (χ2n) is 4.27. The summed E-state index contributed by atoms with van der Waals surface area (Å²) in [6, 6.07) is 6.11. The Morgan fingerprint density at radius 3 is 2.61 bits per heavy atom. The van der Waals surface area contributed by atoms with Crippen molar-refractivity contribution in [2.45, 2.75) is 20.3 Å². The number of nitrogens with zero attached hydrogens (tertiary/aromatic N) is 1. The summed E-state index contributed by atoms with van der Waals surface area (Å²) in [6.07, 6.45) is 0.523. The number of fused-ring (bicyclic) bond motifs is 1. The van der Waals surface area contributed by atoms with Gasteiger partial charge in [-0.2, -0.15) is 0 Å². The Balaban J connectivity index is 0.000000574. The summed E-state index contributed by atoms with van der Waals surface area (Å²) in [6.45, 7) is 8.07. The van der Waals surface area contributed by atoms with Crippen LogP contribution in [0.3, 0.4) is 0 Å². The van der Waals surface area contributed by atoms with E-state index in [1.807, 2.05) is 26.0 Å². The molecule has 0 radical (unpaired) electrons. The summed E-state index contributed by atoms with van der Waals surface area (Å²) in [5.41, 5.74) is 3.37. The molecule has 0 saturated carbocycles. The van der Waals surface area contributed by atoms with E-state index in [9.17, 15) is 4.79 Å². The van der Waals surface area contributed by atoms with E-state index in [-0.39, 0.29) is 5.91 Å². The van der Waals surface area contributed by atoms with E-state index >= 15 is 0 Å². The van der Waals surface area contributed by atoms with Crippen molar-refractivity contribution >= 4 is 17.3 Å². The molecule has 1 aromatic carbocycles. The summed E-state index contributed by atoms with van der Waals surface area (Å²) >= 11 is 0. The number of amides is 1. The molecular formula is C14H21N3O. The van der Waals surface area contributed by atoms with Gasteiger partial charge in [0.1, 0.15) is 0 Å². The quantitative estimate of drug-likeness (QED) is 0.792. The van der Waals surface area contributed by atoms with Gasteiger partial charge in [-0.3, -0.25) is 4.79 Å². The largest absolute Gasteiger partial charge is 0.369 e. The minimum Gasteiger partial charge on any atom is -0.369 e. The van der Waals surface area contributed by atoms with Crippen molar-refractivity contribution in [3.63, 3.8) is 0 Å². The predicted molar refractivity (Wildman–Crippen MR) is 75.2 cm³/mol. The Hall–Kier alpha value is -1.55. The minimum atomic E-state index is 0.109. The summed E-state index contributed by atoms with van der Waals surface area (Å²) < 4.78 is 0. The molecule has 2 N–H and O–H groups in total. The van der Waals surface area contributed by atoms with Crippen molar-refractivity contribution in [1.82, 2.24) is 5.32 Å². The van der Waals surface area contributed by atoms with E-state index in [1.54, 1.807) is 0 Å². The van der Waals surface area contributed by atoms with Gasteiger partial charge in [0.05, 0.1) is 6.42 Å². The number of benzene rings is 1. The number of carbonyl (C=O) groups is 1. The summed E-state index contributed by atoms with van der Waals surface area (Å²) in [4.78, 5) is 13.7. The Labute approximate surface area is 108 Å². The molecular weight excluding hydrogens is 226 g/mol. The zero-order valence-corrected chi connectivity index (χ0v) is 11.1. The van der Waals surface area contributed by atoms with Gasteiger partial charge in [-0.1, -0.05) is 19.9 Å². The van der Waals surface area contributed by atoms with Crippen LogP contribution in [0.1, 0.15) is 19.4 Å². The van der Waals surface area contributed by atoms with E-state index in [1.165, 1.54) is 5.69 Å². The zero-order chi connectivity index (χ0) is 13.0. The monoisotopic (exact) mass is 247 g/mol. The van der Waals surface area contributed by atoms with Crippen LogP contribution in [-0.4, -0.2) is 32.1 Å². The average Bonchev–Trinajstić information content (AvgIpc) is 2.82. The number of hydrogen-bond donors (Lipinski definition) is 2. The van der Waals surface area contributed by atoms with Crippen LogP contribution in [0, 0.1) is 0 Å². The summed E-state index contributed by atoms with van der Waals surface area (Å²) in [5, 5.41) is 6.23. The van der Waals surface area contributed by atoms with Crippen LogP contribution in [0.2, 0.25) is 0 Å². The lowest BCUT2D eigenvalue weighted by atomic mass is 10.1. The molecule has 0 bridgehead atoms. The van der Waals surface area contributed by atoms with E-state index < -0.39 is 0 Å². The van der Waals surface area contributed by atoms with Gasteiger partial charge in [-0.05, 0) is 12.1 Å². The van der Waals surface area contributed by atoms with Crippen molar-refractivity contribution in [2.75, 3.05) is 36.4 Å². The maximum absolute atomic E-state index is 11.4. The Bertz CT molecular complexity index is 425. The fourth-order valence-corrected chi connectivity index (χ4v) is 2.43. The molecule has 1 aromatic rings. The maximum atomic E-state index is 11.4. The number of carbonyl (C=O) groups excluding carboxylic acids is 1. The molecule has 4 heteroatoms. The second kappa shape index (κ2) is 5.87. The van der Waals surface area contributed by atoms with Crippen molar-refractivity contribution in [1.29, 1.82) is 0 Å². The fraction of sp³-hybridized carbons (Fsp3) is 0.500. The number of nitrogens with one attached hydrogen (secondary N) is 2. The normalized spacial score (nSPS) is 17.7. The first-order valence-electron chi connectivity index (χ1n) is 6.72. The van der Waals surface area contributed by atoms with Crippen LogP contribution in [0.25, 0.3) is 0 Å². The topological polar surface area (TPSA) is 44.4 Å². The highest BCUT2D eigenvalue weighted by Gasteiger charge is 2.23. The predicted octanol–water partition coefficient (Wildman–Crippen LogP) is 1.62. The fourth-order valence-electron chi connectivity index (χ4n) is 2.43. The van der Waals surface area contributed by atoms with Gasteiger partial charge in [-0.15, -0.1) is 0 Å². The van der Waals surface area contributed by atoms with Gasteiger partial charge < -0.3 is 15.5 Å². The van der Waals surface area contributed by atoms with Gasteiger partial charge in [0.15, 0.2) is 0 Å². The smallest absolute Gasteiger partial charge is 0.228 e. The number of piperazine rings is 1. The molecule has 4 nitrogen and oxygen atoms in total. The highest BCUT2D eigenvalue weighted by atomic mass is 16.1. The number of rotatable bonds is 1. The highest BCUT2D eigenvalue weighted by Crippen LogP contribution is 2.32. The van der Waals surface area contributed by atoms with E-state index in [0.717, 1.165) is 37.4 Å². The molecule has 0 aromatic heterocycles. The molecule has 2 heterocycles. The molecule has 2 aliphatic rings. The van der Waals surface area contributed by atoms with Crippen molar-refractivity contribution < 1.29 is 4.79 Å². The van der Waals surface area contributed by atoms with E-state index in [2.05, 4.69) is 21.6 Å². The molecule has 3 rings (SSSR count). The third-order valence-electron chi connectivity index (χ3n) is 3.22. The van der Waals surface area contributed by atoms with Crippen LogP contribution in [0.5, 0.6) is 0 Å². The Kier molecular flexibility index (Phi) is 4.20. The SMILES string of the molecule is CC.O=C1Cc2c(cccc2N2CCNCC2)N1. The van der Waals surface area contributed by atoms with E-state index in [0.29, 0.717) is 6.42 Å². The lowest BCUT2D eigenvalue weighted by Gasteiger charge is -2.30. The van der Waals surface area contributed by atoms with Crippen LogP contribution >= 0.6 is 0 Å². The van der Waals surface area contributed by atoms with Crippen molar-refractivity contribution in [3.05, 3.63) is 23.8 Å². The molecule has 98 valence electrons. The zero-order valence-electron chi connectivity index (χ0n) is 11.1. The first-order valence-corrected chi connectivity index (χ1v) is 6.72. The van der Waals surface area contributed by atoms with Gasteiger partial charge in [0.25, 0.3) is 0 Å². The number of anilines is 2. The molecule has 0 unspecified atom stereocenters. The van der Waals surface area contributed by atoms with Gasteiger partial charge in [0.2, 0.25) is 5.91 Å². The van der Waals surface area contributed by atoms with Gasteiger partial charge >= 0.3 is 0 Å². The summed E-state index contributed by atoms with van der Waals surface area (Å²) in [7, 11) is 0. The molecule has 1 fully saturated rings. The van der Waals surface area contributed by atoms with E-state index in [4.69, 9.17) is 0 Å². The molecule has 18 heavy (non-hydrogen) atoms. The molecule has 1 saturated heterocycles. The Morgan fingerprint density at radius 1 is 1.17 bits per heavy atom. The summed E-state index contributed by atoms with van der Waals surface area (Å²) in [5.74, 6) is 0.109. The van der Waals surface area contributed by atoms with Crippen LogP contribution in [0.4, 0.5) is 11.4 Å². The third-order valence-corrected chi connectivity index (χ3v) is 3.22.